The van der Waals surface area contributed by atoms with Crippen LogP contribution in [0.3, 0.4) is 0 Å². The lowest BCUT2D eigenvalue weighted by molar-refractivity contribution is 0.181. The fourth-order valence-electron chi connectivity index (χ4n) is 1.77. The topological polar surface area (TPSA) is 21.3 Å². The van der Waals surface area contributed by atoms with Gasteiger partial charge < -0.3 is 10.1 Å². The van der Waals surface area contributed by atoms with E-state index in [2.05, 4.69) is 45.2 Å². The summed E-state index contributed by atoms with van der Waals surface area (Å²) < 4.78 is 6.13. The second-order valence-electron chi connectivity index (χ2n) is 5.82. The van der Waals surface area contributed by atoms with E-state index in [0.29, 0.717) is 0 Å². The number of hydrogen-bond acceptors (Lipinski definition) is 2. The lowest BCUT2D eigenvalue weighted by Gasteiger charge is -2.25. The van der Waals surface area contributed by atoms with Crippen LogP contribution < -0.4 is 10.1 Å². The number of allylic oxidation sites excluding steroid dienone is 1. The number of benzene rings is 1. The zero-order chi connectivity index (χ0) is 14.3. The molecule has 0 bridgehead atoms. The van der Waals surface area contributed by atoms with Crippen molar-refractivity contribution in [3.05, 3.63) is 35.9 Å². The van der Waals surface area contributed by atoms with Gasteiger partial charge in [0.15, 0.2) is 0 Å². The molecule has 0 fully saturated rings. The first-order valence-electron chi connectivity index (χ1n) is 7.09. The van der Waals surface area contributed by atoms with Crippen LogP contribution in [0.25, 0.3) is 6.08 Å². The SMILES string of the molecule is CC=Cc1ccccc1OC(CC)CNC(C)(C)C. The Hall–Kier alpha value is -1.28. The van der Waals surface area contributed by atoms with Crippen molar-refractivity contribution >= 4 is 6.08 Å². The van der Waals surface area contributed by atoms with Gasteiger partial charge in [-0.05, 0) is 40.2 Å². The smallest absolute Gasteiger partial charge is 0.126 e. The third-order valence-electron chi connectivity index (χ3n) is 2.87. The van der Waals surface area contributed by atoms with Gasteiger partial charge in [0.2, 0.25) is 0 Å². The summed E-state index contributed by atoms with van der Waals surface area (Å²) in [5, 5.41) is 3.50. The fourth-order valence-corrected chi connectivity index (χ4v) is 1.77. The van der Waals surface area contributed by atoms with Gasteiger partial charge >= 0.3 is 0 Å². The maximum Gasteiger partial charge on any atom is 0.126 e. The van der Waals surface area contributed by atoms with E-state index in [0.717, 1.165) is 24.3 Å². The summed E-state index contributed by atoms with van der Waals surface area (Å²) in [6.07, 6.45) is 5.31. The first kappa shape index (κ1) is 15.8. The average Bonchev–Trinajstić information content (AvgIpc) is 2.35. The molecule has 2 heteroatoms. The minimum absolute atomic E-state index is 0.125. The average molecular weight is 261 g/mol. The van der Waals surface area contributed by atoms with Gasteiger partial charge in [0, 0.05) is 17.6 Å². The van der Waals surface area contributed by atoms with E-state index >= 15 is 0 Å². The molecule has 1 aromatic rings. The third kappa shape index (κ3) is 5.93. The molecular formula is C17H27NO. The van der Waals surface area contributed by atoms with Gasteiger partial charge in [-0.15, -0.1) is 0 Å². The fraction of sp³-hybridized carbons (Fsp3) is 0.529. The molecule has 19 heavy (non-hydrogen) atoms. The lowest BCUT2D eigenvalue weighted by atomic mass is 10.1. The molecule has 0 aliphatic rings. The van der Waals surface area contributed by atoms with Gasteiger partial charge in [-0.2, -0.15) is 0 Å². The van der Waals surface area contributed by atoms with Crippen molar-refractivity contribution in [1.29, 1.82) is 0 Å². The van der Waals surface area contributed by atoms with Crippen LogP contribution in [0.2, 0.25) is 0 Å². The number of nitrogens with one attached hydrogen (secondary N) is 1. The summed E-state index contributed by atoms with van der Waals surface area (Å²) in [5.41, 5.74) is 1.26. The molecule has 0 saturated heterocycles. The second kappa shape index (κ2) is 7.34. The molecule has 1 unspecified atom stereocenters. The third-order valence-corrected chi connectivity index (χ3v) is 2.87. The molecule has 0 heterocycles. The summed E-state index contributed by atoms with van der Waals surface area (Å²) in [4.78, 5) is 0. The van der Waals surface area contributed by atoms with Crippen molar-refractivity contribution in [2.75, 3.05) is 6.54 Å². The van der Waals surface area contributed by atoms with E-state index in [1.54, 1.807) is 0 Å². The van der Waals surface area contributed by atoms with E-state index in [4.69, 9.17) is 4.74 Å². The molecule has 0 aromatic heterocycles. The molecular weight excluding hydrogens is 234 g/mol. The first-order valence-corrected chi connectivity index (χ1v) is 7.09. The van der Waals surface area contributed by atoms with Crippen LogP contribution in [0.5, 0.6) is 5.75 Å². The van der Waals surface area contributed by atoms with Gasteiger partial charge in [-0.1, -0.05) is 37.3 Å². The van der Waals surface area contributed by atoms with Crippen LogP contribution in [0.4, 0.5) is 0 Å². The molecule has 2 nitrogen and oxygen atoms in total. The van der Waals surface area contributed by atoms with Crippen molar-refractivity contribution < 1.29 is 4.74 Å². The van der Waals surface area contributed by atoms with Gasteiger partial charge in [-0.25, -0.2) is 0 Å². The normalized spacial score (nSPS) is 13.7. The number of para-hydroxylation sites is 1. The minimum atomic E-state index is 0.125. The summed E-state index contributed by atoms with van der Waals surface area (Å²) in [5.74, 6) is 0.961. The Labute approximate surface area is 117 Å². The summed E-state index contributed by atoms with van der Waals surface area (Å²) in [7, 11) is 0. The predicted octanol–water partition coefficient (Wildman–Crippen LogP) is 4.27. The Bertz CT molecular complexity index is 404. The van der Waals surface area contributed by atoms with E-state index in [-0.39, 0.29) is 11.6 Å². The quantitative estimate of drug-likeness (QED) is 0.826. The van der Waals surface area contributed by atoms with Crippen LogP contribution in [0.1, 0.15) is 46.6 Å². The molecule has 0 amide bonds. The van der Waals surface area contributed by atoms with E-state index in [1.807, 2.05) is 31.2 Å². The Morgan fingerprint density at radius 3 is 2.53 bits per heavy atom. The predicted molar refractivity (Wildman–Crippen MR) is 83.6 cm³/mol. The maximum atomic E-state index is 6.13. The van der Waals surface area contributed by atoms with E-state index in [9.17, 15) is 0 Å². The summed E-state index contributed by atoms with van der Waals surface area (Å²) in [6, 6.07) is 8.18. The molecule has 0 aliphatic heterocycles. The standard InChI is InChI=1S/C17H27NO/c1-6-10-14-11-8-9-12-16(14)19-15(7-2)13-18-17(3,4)5/h6,8-12,15,18H,7,13H2,1-5H3. The number of ether oxygens (including phenoxy) is 1. The molecule has 0 saturated carbocycles. The zero-order valence-electron chi connectivity index (χ0n) is 12.9. The Morgan fingerprint density at radius 2 is 1.95 bits per heavy atom. The molecule has 1 rings (SSSR count). The highest BCUT2D eigenvalue weighted by atomic mass is 16.5. The Kier molecular flexibility index (Phi) is 6.10. The molecule has 1 aromatic carbocycles. The highest BCUT2D eigenvalue weighted by Crippen LogP contribution is 2.21. The van der Waals surface area contributed by atoms with Gasteiger partial charge in [0.05, 0.1) is 0 Å². The second-order valence-corrected chi connectivity index (χ2v) is 5.82. The molecule has 106 valence electrons. The van der Waals surface area contributed by atoms with Gasteiger partial charge in [0.1, 0.15) is 11.9 Å². The molecule has 1 N–H and O–H groups in total. The van der Waals surface area contributed by atoms with Gasteiger partial charge in [-0.3, -0.25) is 0 Å². The Balaban J connectivity index is 2.70. The van der Waals surface area contributed by atoms with Crippen LogP contribution >= 0.6 is 0 Å². The number of hydrogen-bond donors (Lipinski definition) is 1. The lowest BCUT2D eigenvalue weighted by Crippen LogP contribution is -2.42. The zero-order valence-corrected chi connectivity index (χ0v) is 12.9. The molecule has 0 spiro atoms. The largest absolute Gasteiger partial charge is 0.488 e. The number of rotatable bonds is 6. The highest BCUT2D eigenvalue weighted by molar-refractivity contribution is 5.56. The monoisotopic (exact) mass is 261 g/mol. The summed E-state index contributed by atoms with van der Waals surface area (Å²) in [6.45, 7) is 11.6. The van der Waals surface area contributed by atoms with E-state index in [1.165, 1.54) is 0 Å². The van der Waals surface area contributed by atoms with Crippen LogP contribution in [0, 0.1) is 0 Å². The van der Waals surface area contributed by atoms with Crippen molar-refractivity contribution in [3.63, 3.8) is 0 Å². The van der Waals surface area contributed by atoms with E-state index < -0.39 is 0 Å². The Morgan fingerprint density at radius 1 is 1.26 bits per heavy atom. The maximum absolute atomic E-state index is 6.13. The van der Waals surface area contributed by atoms with Gasteiger partial charge in [0.25, 0.3) is 0 Å². The van der Waals surface area contributed by atoms with Crippen LogP contribution in [-0.4, -0.2) is 18.2 Å². The molecule has 0 aliphatic carbocycles. The molecule has 0 radical (unpaired) electrons. The minimum Gasteiger partial charge on any atom is -0.488 e. The first-order chi connectivity index (χ1) is 8.96. The van der Waals surface area contributed by atoms with Crippen LogP contribution in [0.15, 0.2) is 30.3 Å². The van der Waals surface area contributed by atoms with Crippen molar-refractivity contribution in [1.82, 2.24) is 5.32 Å². The van der Waals surface area contributed by atoms with Crippen molar-refractivity contribution in [3.8, 4) is 5.75 Å². The van der Waals surface area contributed by atoms with Crippen molar-refractivity contribution in [2.45, 2.75) is 52.7 Å². The van der Waals surface area contributed by atoms with Crippen molar-refractivity contribution in [2.24, 2.45) is 0 Å². The van der Waals surface area contributed by atoms with Crippen LogP contribution in [-0.2, 0) is 0 Å². The summed E-state index contributed by atoms with van der Waals surface area (Å²) >= 11 is 0. The highest BCUT2D eigenvalue weighted by Gasteiger charge is 2.14. The molecule has 1 atom stereocenters.